The molecule has 8 atom stereocenters. The summed E-state index contributed by atoms with van der Waals surface area (Å²) >= 11 is 0. The summed E-state index contributed by atoms with van der Waals surface area (Å²) in [6, 6.07) is 22.3. The van der Waals surface area contributed by atoms with Crippen LogP contribution < -0.4 is 4.74 Å². The lowest BCUT2D eigenvalue weighted by Gasteiger charge is -2.52. The third-order valence-electron chi connectivity index (χ3n) is 10.7. The Hall–Kier alpha value is -4.07. The van der Waals surface area contributed by atoms with E-state index < -0.39 is 60.9 Å². The van der Waals surface area contributed by atoms with Crippen molar-refractivity contribution in [3.8, 4) is 11.5 Å². The largest absolute Gasteiger partial charge is 0.508 e. The van der Waals surface area contributed by atoms with Crippen molar-refractivity contribution in [1.29, 1.82) is 0 Å². The first-order valence-electron chi connectivity index (χ1n) is 16.3. The molecule has 1 aromatic heterocycles. The molecule has 0 unspecified atom stereocenters. The molecule has 7 N–H and O–H groups in total. The van der Waals surface area contributed by atoms with Gasteiger partial charge in [0.1, 0.15) is 18.5 Å². The Morgan fingerprint density at radius 1 is 0.958 bits per heavy atom. The Kier molecular flexibility index (Phi) is 7.49. The minimum atomic E-state index is -2.53. The monoisotopic (exact) mass is 655 g/mol. The van der Waals surface area contributed by atoms with E-state index in [0.717, 1.165) is 27.1 Å². The molecule has 1 aliphatic carbocycles. The first-order chi connectivity index (χ1) is 23.1. The van der Waals surface area contributed by atoms with E-state index in [4.69, 9.17) is 14.2 Å². The number of nitrogens with one attached hydrogen (secondary N) is 1. The van der Waals surface area contributed by atoms with Gasteiger partial charge < -0.3 is 49.8 Å². The maximum Gasteiger partial charge on any atom is 0.343 e. The molecular weight excluding hydrogens is 618 g/mol. The Bertz CT molecular complexity index is 2030. The Morgan fingerprint density at radius 2 is 1.71 bits per heavy atom. The van der Waals surface area contributed by atoms with Crippen molar-refractivity contribution in [2.24, 2.45) is 11.8 Å². The zero-order valence-corrected chi connectivity index (χ0v) is 26.0. The second kappa shape index (κ2) is 11.5. The van der Waals surface area contributed by atoms with E-state index in [2.05, 4.69) is 4.98 Å². The molecule has 5 aromatic rings. The van der Waals surface area contributed by atoms with Gasteiger partial charge in [-0.25, -0.2) is 4.79 Å². The molecule has 250 valence electrons. The van der Waals surface area contributed by atoms with Gasteiger partial charge in [-0.1, -0.05) is 42.5 Å². The summed E-state index contributed by atoms with van der Waals surface area (Å²) in [4.78, 5) is 17.2. The van der Waals surface area contributed by atoms with Crippen LogP contribution in [0.2, 0.25) is 0 Å². The summed E-state index contributed by atoms with van der Waals surface area (Å²) in [6.07, 6.45) is -3.18. The average molecular weight is 656 g/mol. The number of phenolic OH excluding ortho intramolecular Hbond substituents is 1. The topological polar surface area (TPSA) is 182 Å². The van der Waals surface area contributed by atoms with E-state index in [1.165, 1.54) is 0 Å². The Labute approximate surface area is 274 Å². The van der Waals surface area contributed by atoms with E-state index in [1.54, 1.807) is 24.3 Å². The van der Waals surface area contributed by atoms with Crippen LogP contribution in [-0.4, -0.2) is 84.0 Å². The fraction of sp³-hybridized carbons (Fsp3) is 0.378. The molecule has 0 bridgehead atoms. The number of aromatic hydroxyl groups is 1. The fourth-order valence-corrected chi connectivity index (χ4v) is 8.25. The number of aromatic amines is 1. The van der Waals surface area contributed by atoms with Crippen molar-refractivity contribution in [1.82, 2.24) is 4.98 Å². The van der Waals surface area contributed by atoms with Crippen LogP contribution in [0.5, 0.6) is 11.5 Å². The number of H-pyrrole nitrogens is 1. The number of rotatable bonds is 6. The highest BCUT2D eigenvalue weighted by molar-refractivity contribution is 6.14. The van der Waals surface area contributed by atoms with Gasteiger partial charge in [0, 0.05) is 5.92 Å². The third-order valence-corrected chi connectivity index (χ3v) is 10.7. The molecule has 0 spiro atoms. The standard InChI is InChI=1S/C37H37NO10/c39-17-28-32(30-25-15-21-4-2-1-3-20(21)14-22(25)7-11-27(30)38-28)47-35(43)33-34-36(44,37(45,18-40)48-33)16-23-8-12-29(42)26(31(23)46-34)13-19-5-9-24(41)10-6-19/h1-7,9-11,14-15,23,26,29,31,33-34,38-42,44-45H,8,12-13,16-18H2/t23-,26-,29-,31+,33+,34-,36+,37-/m0/s1. The SMILES string of the molecule is O=C(Oc1c(CO)[nH]c2ccc3cc4ccccc4cc3c12)[C@@H]1O[C@@](O)(CO)[C@@]2(O)C[C@@H]3CC[C@H](O)[C@H](Cc4ccc(O)cc4)[C@@H]3O[C@@H]12. The summed E-state index contributed by atoms with van der Waals surface area (Å²) < 4.78 is 18.3. The number of aliphatic hydroxyl groups is 5. The molecule has 0 amide bonds. The van der Waals surface area contributed by atoms with E-state index in [1.807, 2.05) is 48.5 Å². The van der Waals surface area contributed by atoms with E-state index in [9.17, 15) is 35.4 Å². The number of carbonyl (C=O) groups excluding carboxylic acids is 1. The lowest BCUT2D eigenvalue weighted by molar-refractivity contribution is -0.306. The van der Waals surface area contributed by atoms with Crippen LogP contribution in [0, 0.1) is 11.8 Å². The number of benzene rings is 4. The third kappa shape index (κ3) is 4.80. The number of hydrogen-bond acceptors (Lipinski definition) is 10. The van der Waals surface area contributed by atoms with Gasteiger partial charge in [0.2, 0.25) is 5.79 Å². The molecule has 0 radical (unpaired) electrons. The summed E-state index contributed by atoms with van der Waals surface area (Å²) in [6.45, 7) is -1.47. The van der Waals surface area contributed by atoms with Crippen molar-refractivity contribution in [2.75, 3.05) is 6.61 Å². The fourth-order valence-electron chi connectivity index (χ4n) is 8.25. The number of aromatic nitrogens is 1. The number of fused-ring (bicyclic) bond motifs is 6. The quantitative estimate of drug-likeness (QED) is 0.106. The van der Waals surface area contributed by atoms with Gasteiger partial charge >= 0.3 is 5.97 Å². The number of ether oxygens (including phenoxy) is 3. The molecule has 3 fully saturated rings. The van der Waals surface area contributed by atoms with Crippen molar-refractivity contribution in [3.63, 3.8) is 0 Å². The van der Waals surface area contributed by atoms with E-state index in [0.29, 0.717) is 30.2 Å². The zero-order valence-electron chi connectivity index (χ0n) is 26.0. The van der Waals surface area contributed by atoms with Gasteiger partial charge in [0.25, 0.3) is 0 Å². The summed E-state index contributed by atoms with van der Waals surface area (Å²) in [5, 5.41) is 69.1. The average Bonchev–Trinajstić information content (AvgIpc) is 3.56. The van der Waals surface area contributed by atoms with Gasteiger partial charge in [0.05, 0.1) is 35.4 Å². The lowest BCUT2D eigenvalue weighted by Crippen LogP contribution is -2.66. The van der Waals surface area contributed by atoms with Crippen LogP contribution in [0.15, 0.2) is 72.8 Å². The predicted molar refractivity (Wildman–Crippen MR) is 174 cm³/mol. The number of aliphatic hydroxyl groups excluding tert-OH is 3. The highest BCUT2D eigenvalue weighted by Gasteiger charge is 2.71. The maximum absolute atomic E-state index is 14.1. The molecule has 48 heavy (non-hydrogen) atoms. The molecule has 8 rings (SSSR count). The normalized spacial score (nSPS) is 31.6. The summed E-state index contributed by atoms with van der Waals surface area (Å²) in [5.41, 5.74) is -0.420. The number of hydrogen-bond donors (Lipinski definition) is 7. The van der Waals surface area contributed by atoms with Crippen LogP contribution in [0.25, 0.3) is 32.4 Å². The zero-order chi connectivity index (χ0) is 33.4. The van der Waals surface area contributed by atoms with Crippen LogP contribution in [-0.2, 0) is 27.3 Å². The first-order valence-corrected chi connectivity index (χ1v) is 16.3. The first kappa shape index (κ1) is 31.2. The van der Waals surface area contributed by atoms with Crippen LogP contribution in [0.1, 0.15) is 30.5 Å². The highest BCUT2D eigenvalue weighted by Crippen LogP contribution is 2.53. The second-order valence-corrected chi connectivity index (χ2v) is 13.5. The minimum absolute atomic E-state index is 0.0470. The van der Waals surface area contributed by atoms with Crippen molar-refractivity contribution in [2.45, 2.75) is 68.1 Å². The summed E-state index contributed by atoms with van der Waals surface area (Å²) in [7, 11) is 0. The molecule has 2 aliphatic heterocycles. The minimum Gasteiger partial charge on any atom is -0.508 e. The predicted octanol–water partition coefficient (Wildman–Crippen LogP) is 3.18. The van der Waals surface area contributed by atoms with Crippen molar-refractivity contribution in [3.05, 3.63) is 84.1 Å². The summed E-state index contributed by atoms with van der Waals surface area (Å²) in [5.74, 6) is -4.05. The van der Waals surface area contributed by atoms with Crippen molar-refractivity contribution < 1.29 is 49.6 Å². The molecule has 11 nitrogen and oxygen atoms in total. The van der Waals surface area contributed by atoms with Gasteiger partial charge in [-0.2, -0.15) is 0 Å². The molecule has 3 heterocycles. The van der Waals surface area contributed by atoms with Crippen LogP contribution in [0.4, 0.5) is 0 Å². The maximum atomic E-state index is 14.1. The lowest BCUT2D eigenvalue weighted by atomic mass is 9.66. The van der Waals surface area contributed by atoms with Gasteiger partial charge in [0.15, 0.2) is 17.5 Å². The number of carbonyl (C=O) groups is 1. The van der Waals surface area contributed by atoms with Gasteiger partial charge in [-0.3, -0.25) is 0 Å². The second-order valence-electron chi connectivity index (χ2n) is 13.5. The Morgan fingerprint density at radius 3 is 2.44 bits per heavy atom. The highest BCUT2D eigenvalue weighted by atomic mass is 16.7. The molecule has 4 aromatic carbocycles. The van der Waals surface area contributed by atoms with E-state index >= 15 is 0 Å². The smallest absolute Gasteiger partial charge is 0.343 e. The molecule has 2 saturated heterocycles. The van der Waals surface area contributed by atoms with Crippen LogP contribution >= 0.6 is 0 Å². The van der Waals surface area contributed by atoms with Crippen molar-refractivity contribution >= 4 is 38.4 Å². The molecule has 11 heteroatoms. The molecular formula is C37H37NO10. The van der Waals surface area contributed by atoms with Crippen LogP contribution in [0.3, 0.4) is 0 Å². The molecule has 1 saturated carbocycles. The van der Waals surface area contributed by atoms with Gasteiger partial charge in [-0.05, 0) is 89.0 Å². The number of phenols is 1. The Balaban J connectivity index is 1.16. The van der Waals surface area contributed by atoms with Gasteiger partial charge in [-0.15, -0.1) is 0 Å². The van der Waals surface area contributed by atoms with E-state index in [-0.39, 0.29) is 29.5 Å². The molecule has 3 aliphatic rings. The number of esters is 1.